The third-order valence-electron chi connectivity index (χ3n) is 3.68. The fraction of sp³-hybridized carbons (Fsp3) is 0.286. The summed E-state index contributed by atoms with van der Waals surface area (Å²) >= 11 is 0. The van der Waals surface area contributed by atoms with Gasteiger partial charge in [-0.2, -0.15) is 9.98 Å². The van der Waals surface area contributed by atoms with Gasteiger partial charge >= 0.3 is 0 Å². The number of nitrogens with zero attached hydrogens (tertiary/aromatic N) is 3. The average molecular weight is 381 g/mol. The molecule has 1 aromatic heterocycles. The minimum Gasteiger partial charge on any atom is -0.439 e. The van der Waals surface area contributed by atoms with Crippen LogP contribution in [-0.4, -0.2) is 37.4 Å². The lowest BCUT2D eigenvalue weighted by Crippen LogP contribution is -2.24. The van der Waals surface area contributed by atoms with Gasteiger partial charge < -0.3 is 20.7 Å². The van der Waals surface area contributed by atoms with E-state index in [1.54, 1.807) is 25.4 Å². The van der Waals surface area contributed by atoms with Gasteiger partial charge in [-0.05, 0) is 36.4 Å². The second-order valence-electron chi connectivity index (χ2n) is 6.71. The van der Waals surface area contributed by atoms with Gasteiger partial charge in [-0.25, -0.2) is 0 Å². The van der Waals surface area contributed by atoms with Crippen LogP contribution in [0.25, 0.3) is 0 Å². The first-order valence-electron chi connectivity index (χ1n) is 9.07. The van der Waals surface area contributed by atoms with Crippen LogP contribution < -0.4 is 20.7 Å². The second kappa shape index (κ2) is 10.1. The fourth-order valence-electron chi connectivity index (χ4n) is 2.50. The van der Waals surface area contributed by atoms with Crippen molar-refractivity contribution in [3.05, 3.63) is 60.3 Å². The number of aromatic nitrogens is 1. The Hall–Kier alpha value is -3.35. The summed E-state index contributed by atoms with van der Waals surface area (Å²) in [7, 11) is 3.66. The van der Waals surface area contributed by atoms with Crippen LogP contribution in [0.1, 0.15) is 24.2 Å². The standard InChI is InChI=1S/C21H27N5O2/c1-15(2)14-26(4)19-12-16(21(27)24-18(22)10-11-23-3)13-20(25-19)28-17-8-6-5-7-9-17/h5-13,15,23H,14H2,1-4H3,(H2,22,24,27)/b11-10-. The molecule has 3 N–H and O–H groups in total. The maximum atomic E-state index is 12.6. The highest BCUT2D eigenvalue weighted by Gasteiger charge is 2.14. The number of amides is 1. The van der Waals surface area contributed by atoms with E-state index in [4.69, 9.17) is 10.5 Å². The number of hydrogen-bond acceptors (Lipinski definition) is 5. The predicted octanol–water partition coefficient (Wildman–Crippen LogP) is 3.20. The molecule has 7 nitrogen and oxygen atoms in total. The third-order valence-corrected chi connectivity index (χ3v) is 3.68. The van der Waals surface area contributed by atoms with Crippen LogP contribution >= 0.6 is 0 Å². The number of nitrogens with two attached hydrogens (primary N) is 1. The highest BCUT2D eigenvalue weighted by molar-refractivity contribution is 6.06. The van der Waals surface area contributed by atoms with E-state index >= 15 is 0 Å². The molecule has 2 aromatic rings. The molecular formula is C21H27N5O2. The fourth-order valence-corrected chi connectivity index (χ4v) is 2.50. The molecule has 0 aliphatic rings. The Labute approximate surface area is 165 Å². The molecule has 2 rings (SSSR count). The van der Waals surface area contributed by atoms with Crippen molar-refractivity contribution in [1.29, 1.82) is 0 Å². The number of carbonyl (C=O) groups excluding carboxylic acids is 1. The van der Waals surface area contributed by atoms with Crippen LogP contribution in [0.3, 0.4) is 0 Å². The minimum absolute atomic E-state index is 0.110. The molecule has 148 valence electrons. The molecule has 1 aromatic carbocycles. The molecule has 1 heterocycles. The molecule has 0 unspecified atom stereocenters. The Bertz CT molecular complexity index is 847. The molecule has 1 amide bonds. The normalized spacial score (nSPS) is 11.7. The van der Waals surface area contributed by atoms with Crippen LogP contribution in [0.2, 0.25) is 0 Å². The van der Waals surface area contributed by atoms with Gasteiger partial charge in [0, 0.05) is 26.7 Å². The summed E-state index contributed by atoms with van der Waals surface area (Å²) in [6.45, 7) is 5.02. The Morgan fingerprint density at radius 3 is 2.68 bits per heavy atom. The van der Waals surface area contributed by atoms with Crippen LogP contribution in [0.5, 0.6) is 11.6 Å². The van der Waals surface area contributed by atoms with Crippen LogP contribution in [0, 0.1) is 5.92 Å². The van der Waals surface area contributed by atoms with Crippen molar-refractivity contribution in [2.45, 2.75) is 13.8 Å². The van der Waals surface area contributed by atoms with E-state index in [1.807, 2.05) is 42.3 Å². The van der Waals surface area contributed by atoms with Gasteiger partial charge in [0.25, 0.3) is 5.91 Å². The Morgan fingerprint density at radius 1 is 1.32 bits per heavy atom. The third kappa shape index (κ3) is 6.42. The molecule has 0 saturated heterocycles. The number of para-hydroxylation sites is 1. The number of nitrogens with one attached hydrogen (secondary N) is 1. The summed E-state index contributed by atoms with van der Waals surface area (Å²) in [5, 5.41) is 2.80. The summed E-state index contributed by atoms with van der Waals surface area (Å²) in [4.78, 5) is 23.0. The zero-order valence-corrected chi connectivity index (χ0v) is 16.7. The van der Waals surface area contributed by atoms with Gasteiger partial charge in [0.2, 0.25) is 5.88 Å². The lowest BCUT2D eigenvalue weighted by molar-refractivity contribution is 0.100. The SMILES string of the molecule is CN/C=C\C(N)=NC(=O)c1cc(Oc2ccccc2)nc(N(C)CC(C)C)c1. The average Bonchev–Trinajstić information content (AvgIpc) is 2.66. The number of hydrogen-bond donors (Lipinski definition) is 2. The first-order chi connectivity index (χ1) is 13.4. The summed E-state index contributed by atoms with van der Waals surface area (Å²) < 4.78 is 5.84. The number of carbonyl (C=O) groups is 1. The molecule has 0 bridgehead atoms. The van der Waals surface area contributed by atoms with Crippen molar-refractivity contribution in [2.24, 2.45) is 16.6 Å². The first kappa shape index (κ1) is 21.0. The van der Waals surface area contributed by atoms with Gasteiger partial charge in [-0.3, -0.25) is 4.79 Å². The molecule has 0 aliphatic carbocycles. The van der Waals surface area contributed by atoms with E-state index < -0.39 is 5.91 Å². The number of amidine groups is 1. The van der Waals surface area contributed by atoms with Gasteiger partial charge in [-0.15, -0.1) is 0 Å². The lowest BCUT2D eigenvalue weighted by atomic mass is 10.2. The second-order valence-corrected chi connectivity index (χ2v) is 6.71. The molecular weight excluding hydrogens is 354 g/mol. The summed E-state index contributed by atoms with van der Waals surface area (Å²) in [6, 6.07) is 12.6. The van der Waals surface area contributed by atoms with E-state index in [9.17, 15) is 4.79 Å². The van der Waals surface area contributed by atoms with Crippen molar-refractivity contribution in [1.82, 2.24) is 10.3 Å². The van der Waals surface area contributed by atoms with Crippen LogP contribution in [0.15, 0.2) is 59.7 Å². The number of rotatable bonds is 8. The lowest BCUT2D eigenvalue weighted by Gasteiger charge is -2.21. The van der Waals surface area contributed by atoms with E-state index in [0.29, 0.717) is 28.9 Å². The van der Waals surface area contributed by atoms with Crippen molar-refractivity contribution >= 4 is 17.6 Å². The molecule has 7 heteroatoms. The van der Waals surface area contributed by atoms with Crippen LogP contribution in [0.4, 0.5) is 5.82 Å². The largest absolute Gasteiger partial charge is 0.439 e. The Kier molecular flexibility index (Phi) is 7.56. The van der Waals surface area contributed by atoms with Crippen LogP contribution in [-0.2, 0) is 0 Å². The predicted molar refractivity (Wildman–Crippen MR) is 113 cm³/mol. The maximum absolute atomic E-state index is 12.6. The van der Waals surface area contributed by atoms with E-state index in [0.717, 1.165) is 6.54 Å². The van der Waals surface area contributed by atoms with Crippen molar-refractivity contribution in [2.75, 3.05) is 25.5 Å². The quantitative estimate of drug-likeness (QED) is 0.539. The molecule has 0 saturated carbocycles. The summed E-state index contributed by atoms with van der Waals surface area (Å²) in [6.07, 6.45) is 3.12. The number of ether oxygens (including phenoxy) is 1. The van der Waals surface area contributed by atoms with Crippen molar-refractivity contribution < 1.29 is 9.53 Å². The smallest absolute Gasteiger partial charge is 0.279 e. The number of pyridine rings is 1. The molecule has 0 atom stereocenters. The molecule has 0 radical (unpaired) electrons. The topological polar surface area (TPSA) is 92.8 Å². The zero-order chi connectivity index (χ0) is 20.5. The van der Waals surface area contributed by atoms with E-state index in [2.05, 4.69) is 29.1 Å². The van der Waals surface area contributed by atoms with E-state index in [-0.39, 0.29) is 5.84 Å². The summed E-state index contributed by atoms with van der Waals surface area (Å²) in [5.41, 5.74) is 6.12. The zero-order valence-electron chi connectivity index (χ0n) is 16.7. The number of aliphatic imine (C=N–C) groups is 1. The molecule has 0 aliphatic heterocycles. The molecule has 0 spiro atoms. The van der Waals surface area contributed by atoms with Crippen molar-refractivity contribution in [3.63, 3.8) is 0 Å². The first-order valence-corrected chi connectivity index (χ1v) is 9.07. The van der Waals surface area contributed by atoms with Gasteiger partial charge in [0.05, 0.1) is 5.56 Å². The highest BCUT2D eigenvalue weighted by Crippen LogP contribution is 2.25. The Balaban J connectivity index is 2.38. The highest BCUT2D eigenvalue weighted by atomic mass is 16.5. The van der Waals surface area contributed by atoms with Gasteiger partial charge in [0.1, 0.15) is 17.4 Å². The number of anilines is 1. The molecule has 0 fully saturated rings. The Morgan fingerprint density at radius 2 is 2.04 bits per heavy atom. The maximum Gasteiger partial charge on any atom is 0.279 e. The van der Waals surface area contributed by atoms with E-state index in [1.165, 1.54) is 6.08 Å². The van der Waals surface area contributed by atoms with Crippen molar-refractivity contribution in [3.8, 4) is 11.6 Å². The number of benzene rings is 1. The summed E-state index contributed by atoms with van der Waals surface area (Å²) in [5.74, 6) is 1.67. The minimum atomic E-state index is -0.460. The molecule has 28 heavy (non-hydrogen) atoms. The van der Waals surface area contributed by atoms with Gasteiger partial charge in [0.15, 0.2) is 0 Å². The monoisotopic (exact) mass is 381 g/mol. The van der Waals surface area contributed by atoms with Gasteiger partial charge in [-0.1, -0.05) is 32.0 Å².